The van der Waals surface area contributed by atoms with Gasteiger partial charge in [-0.05, 0) is 67.3 Å². The second-order valence-electron chi connectivity index (χ2n) is 7.85. The van der Waals surface area contributed by atoms with Gasteiger partial charge in [-0.25, -0.2) is 4.39 Å². The summed E-state index contributed by atoms with van der Waals surface area (Å²) in [6, 6.07) is 11.3. The van der Waals surface area contributed by atoms with E-state index >= 15 is 0 Å². The minimum Gasteiger partial charge on any atom is -0.497 e. The molecule has 0 unspecified atom stereocenters. The van der Waals surface area contributed by atoms with Crippen molar-refractivity contribution in [2.45, 2.75) is 18.9 Å². The molecule has 0 radical (unpaired) electrons. The molecular weight excluding hydrogens is 425 g/mol. The van der Waals surface area contributed by atoms with Crippen LogP contribution in [-0.2, 0) is 4.79 Å². The fourth-order valence-electron chi connectivity index (χ4n) is 3.86. The summed E-state index contributed by atoms with van der Waals surface area (Å²) in [6.45, 7) is 4.77. The third-order valence-corrected chi connectivity index (χ3v) is 5.73. The number of benzene rings is 2. The number of amides is 3. The summed E-state index contributed by atoms with van der Waals surface area (Å²) >= 11 is 0. The molecule has 0 spiro atoms. The Balaban J connectivity index is 1.67. The number of nitrogens with one attached hydrogen (secondary N) is 2. The molecule has 1 saturated heterocycles. The predicted octanol–water partition coefficient (Wildman–Crippen LogP) is 2.79. The lowest BCUT2D eigenvalue weighted by molar-refractivity contribution is -0.124. The van der Waals surface area contributed by atoms with Crippen molar-refractivity contribution in [2.75, 3.05) is 26.7 Å². The maximum atomic E-state index is 13.2. The van der Waals surface area contributed by atoms with Gasteiger partial charge in [0, 0.05) is 30.8 Å². The molecule has 2 N–H and O–H groups in total. The van der Waals surface area contributed by atoms with Crippen LogP contribution in [0.25, 0.3) is 0 Å². The Kier molecular flexibility index (Phi) is 8.18. The first-order chi connectivity index (χ1) is 15.9. The molecule has 3 rings (SSSR count). The second-order valence-corrected chi connectivity index (χ2v) is 7.85. The topological polar surface area (TPSA) is 87.7 Å². The van der Waals surface area contributed by atoms with Crippen molar-refractivity contribution in [1.82, 2.24) is 15.5 Å². The first-order valence-electron chi connectivity index (χ1n) is 10.8. The molecule has 0 bridgehead atoms. The molecule has 2 aromatic rings. The van der Waals surface area contributed by atoms with Crippen molar-refractivity contribution in [2.24, 2.45) is 5.92 Å². The Bertz CT molecular complexity index is 984. The van der Waals surface area contributed by atoms with Crippen molar-refractivity contribution < 1.29 is 23.5 Å². The van der Waals surface area contributed by atoms with Gasteiger partial charge in [-0.2, -0.15) is 0 Å². The minimum atomic E-state index is -0.748. The van der Waals surface area contributed by atoms with Gasteiger partial charge in [-0.1, -0.05) is 6.08 Å². The van der Waals surface area contributed by atoms with Crippen LogP contribution in [0.4, 0.5) is 4.39 Å². The molecule has 1 aliphatic rings. The second kappa shape index (κ2) is 11.3. The van der Waals surface area contributed by atoms with Gasteiger partial charge in [0.15, 0.2) is 0 Å². The molecule has 1 aliphatic heterocycles. The molecule has 1 atom stereocenters. The molecule has 174 valence electrons. The van der Waals surface area contributed by atoms with E-state index in [2.05, 4.69) is 17.2 Å². The first kappa shape index (κ1) is 24.0. The van der Waals surface area contributed by atoms with Crippen LogP contribution in [0, 0.1) is 11.7 Å². The van der Waals surface area contributed by atoms with E-state index in [0.29, 0.717) is 42.8 Å². The maximum Gasteiger partial charge on any atom is 0.253 e. The highest BCUT2D eigenvalue weighted by molar-refractivity contribution is 5.98. The number of halogens is 1. The number of methoxy groups -OCH3 is 1. The summed E-state index contributed by atoms with van der Waals surface area (Å²) in [7, 11) is 1.54. The molecule has 3 amide bonds. The zero-order valence-corrected chi connectivity index (χ0v) is 18.6. The highest BCUT2D eigenvalue weighted by atomic mass is 19.1. The highest BCUT2D eigenvalue weighted by Gasteiger charge is 2.34. The average molecular weight is 454 g/mol. The van der Waals surface area contributed by atoms with Gasteiger partial charge in [-0.15, -0.1) is 6.58 Å². The Hall–Kier alpha value is -3.68. The molecule has 0 aliphatic carbocycles. The Morgan fingerprint density at radius 1 is 1.09 bits per heavy atom. The van der Waals surface area contributed by atoms with Gasteiger partial charge in [0.25, 0.3) is 11.8 Å². The molecule has 7 nitrogen and oxygen atoms in total. The van der Waals surface area contributed by atoms with Crippen LogP contribution >= 0.6 is 0 Å². The van der Waals surface area contributed by atoms with E-state index in [1.54, 1.807) is 42.4 Å². The number of likely N-dealkylation sites (tertiary alicyclic amines) is 1. The fourth-order valence-corrected chi connectivity index (χ4v) is 3.86. The Morgan fingerprint density at radius 3 is 2.27 bits per heavy atom. The molecule has 8 heteroatoms. The number of rotatable bonds is 8. The number of piperidine rings is 1. The lowest BCUT2D eigenvalue weighted by atomic mass is 9.88. The van der Waals surface area contributed by atoms with Crippen molar-refractivity contribution in [1.29, 1.82) is 0 Å². The summed E-state index contributed by atoms with van der Waals surface area (Å²) in [5, 5.41) is 5.62. The summed E-state index contributed by atoms with van der Waals surface area (Å²) < 4.78 is 18.3. The molecule has 2 aromatic carbocycles. The lowest BCUT2D eigenvalue weighted by Gasteiger charge is -2.35. The van der Waals surface area contributed by atoms with Crippen LogP contribution in [0.5, 0.6) is 5.75 Å². The van der Waals surface area contributed by atoms with E-state index in [-0.39, 0.29) is 30.2 Å². The van der Waals surface area contributed by atoms with Crippen LogP contribution in [-0.4, -0.2) is 55.4 Å². The zero-order valence-electron chi connectivity index (χ0n) is 18.6. The Labute approximate surface area is 192 Å². The smallest absolute Gasteiger partial charge is 0.253 e. The predicted molar refractivity (Wildman–Crippen MR) is 122 cm³/mol. The van der Waals surface area contributed by atoms with Gasteiger partial charge in [0.2, 0.25) is 5.91 Å². The summed E-state index contributed by atoms with van der Waals surface area (Å²) in [4.78, 5) is 40.0. The summed E-state index contributed by atoms with van der Waals surface area (Å²) in [5.74, 6) is -0.741. The Morgan fingerprint density at radius 2 is 1.70 bits per heavy atom. The normalized spacial score (nSPS) is 14.8. The highest BCUT2D eigenvalue weighted by Crippen LogP contribution is 2.23. The number of ether oxygens (including phenoxy) is 1. The van der Waals surface area contributed by atoms with Gasteiger partial charge in [-0.3, -0.25) is 14.4 Å². The first-order valence-corrected chi connectivity index (χ1v) is 10.8. The fraction of sp³-hybridized carbons (Fsp3) is 0.320. The molecule has 1 heterocycles. The van der Waals surface area contributed by atoms with E-state index in [0.717, 1.165) is 0 Å². The molecule has 0 saturated carbocycles. The average Bonchev–Trinajstić information content (AvgIpc) is 2.86. The largest absolute Gasteiger partial charge is 0.497 e. The molecular formula is C25H28FN3O4. The number of carbonyl (C=O) groups excluding carboxylic acids is 3. The number of hydrogen-bond donors (Lipinski definition) is 2. The SMILES string of the molecule is C=CCNC(=O)[C@H](NC(=O)c1ccc(OC)cc1)C1CCN(C(=O)c2ccc(F)cc2)CC1. The van der Waals surface area contributed by atoms with Gasteiger partial charge >= 0.3 is 0 Å². The van der Waals surface area contributed by atoms with Crippen LogP contribution in [0.15, 0.2) is 61.2 Å². The van der Waals surface area contributed by atoms with Gasteiger partial charge < -0.3 is 20.3 Å². The van der Waals surface area contributed by atoms with E-state index in [9.17, 15) is 18.8 Å². The quantitative estimate of drug-likeness (QED) is 0.602. The maximum absolute atomic E-state index is 13.2. The van der Waals surface area contributed by atoms with Crippen molar-refractivity contribution in [3.05, 3.63) is 78.1 Å². The van der Waals surface area contributed by atoms with Gasteiger partial charge in [0.1, 0.15) is 17.6 Å². The third kappa shape index (κ3) is 6.19. The zero-order chi connectivity index (χ0) is 23.8. The minimum absolute atomic E-state index is 0.144. The number of nitrogens with zero attached hydrogens (tertiary/aromatic N) is 1. The molecule has 0 aromatic heterocycles. The van der Waals surface area contributed by atoms with Crippen LogP contribution < -0.4 is 15.4 Å². The van der Waals surface area contributed by atoms with Crippen LogP contribution in [0.3, 0.4) is 0 Å². The lowest BCUT2D eigenvalue weighted by Crippen LogP contribution is -2.53. The van der Waals surface area contributed by atoms with Gasteiger partial charge in [0.05, 0.1) is 7.11 Å². The third-order valence-electron chi connectivity index (χ3n) is 5.73. The van der Waals surface area contributed by atoms with E-state index in [1.165, 1.54) is 24.3 Å². The number of hydrogen-bond acceptors (Lipinski definition) is 4. The van der Waals surface area contributed by atoms with Crippen LogP contribution in [0.1, 0.15) is 33.6 Å². The van der Waals surface area contributed by atoms with E-state index in [4.69, 9.17) is 4.74 Å². The standard InChI is InChI=1S/C25H28FN3O4/c1-3-14-27-24(31)22(28-23(30)18-6-10-21(33-2)11-7-18)17-12-15-29(16-13-17)25(32)19-4-8-20(26)9-5-19/h3-11,17,22H,1,12-16H2,2H3,(H,27,31)(H,28,30)/t22-/m1/s1. The van der Waals surface area contributed by atoms with Crippen LogP contribution in [0.2, 0.25) is 0 Å². The van der Waals surface area contributed by atoms with Crippen molar-refractivity contribution in [3.63, 3.8) is 0 Å². The molecule has 1 fully saturated rings. The van der Waals surface area contributed by atoms with E-state index < -0.39 is 11.9 Å². The van der Waals surface area contributed by atoms with Crippen molar-refractivity contribution in [3.8, 4) is 5.75 Å². The summed E-state index contributed by atoms with van der Waals surface area (Å²) in [6.07, 6.45) is 2.66. The summed E-state index contributed by atoms with van der Waals surface area (Å²) in [5.41, 5.74) is 0.837. The number of carbonyl (C=O) groups is 3. The van der Waals surface area contributed by atoms with E-state index in [1.807, 2.05) is 0 Å². The molecule has 33 heavy (non-hydrogen) atoms. The monoisotopic (exact) mass is 453 g/mol. The van der Waals surface area contributed by atoms with Crippen molar-refractivity contribution >= 4 is 17.7 Å².